The first kappa shape index (κ1) is 22.6. The fourth-order valence-electron chi connectivity index (χ4n) is 4.11. The summed E-state index contributed by atoms with van der Waals surface area (Å²) in [5.74, 6) is -0.270. The second kappa shape index (κ2) is 8.42. The molecule has 1 aromatic carbocycles. The third-order valence-corrected chi connectivity index (χ3v) is 5.96. The predicted octanol–water partition coefficient (Wildman–Crippen LogP) is 3.35. The van der Waals surface area contributed by atoms with Crippen LogP contribution in [0.3, 0.4) is 0 Å². The number of carbonyl (C=O) groups is 1. The first-order valence-corrected chi connectivity index (χ1v) is 10.4. The Labute approximate surface area is 187 Å². The molecule has 2 atom stereocenters. The van der Waals surface area contributed by atoms with Gasteiger partial charge >= 0.3 is 6.18 Å². The van der Waals surface area contributed by atoms with Gasteiger partial charge in [0.25, 0.3) is 11.5 Å². The maximum atomic E-state index is 12.8. The molecule has 3 heterocycles. The van der Waals surface area contributed by atoms with Crippen LogP contribution in [0.5, 0.6) is 5.75 Å². The molecule has 0 bridgehead atoms. The van der Waals surface area contributed by atoms with Crippen LogP contribution >= 0.6 is 0 Å². The number of pyridine rings is 2. The van der Waals surface area contributed by atoms with Crippen molar-refractivity contribution in [3.05, 3.63) is 64.1 Å². The first-order chi connectivity index (χ1) is 15.5. The van der Waals surface area contributed by atoms with E-state index in [0.717, 1.165) is 12.1 Å². The van der Waals surface area contributed by atoms with Crippen LogP contribution in [0, 0.1) is 5.92 Å². The highest BCUT2D eigenvalue weighted by molar-refractivity contribution is 5.96. The Kier molecular flexibility index (Phi) is 5.77. The molecule has 7 nitrogen and oxygen atoms in total. The number of hydrogen-bond acceptors (Lipinski definition) is 5. The number of primary amides is 1. The molecule has 1 aliphatic heterocycles. The van der Waals surface area contributed by atoms with Gasteiger partial charge in [-0.2, -0.15) is 13.2 Å². The first-order valence-electron chi connectivity index (χ1n) is 10.4. The lowest BCUT2D eigenvalue weighted by Crippen LogP contribution is -2.45. The highest BCUT2D eigenvalue weighted by Crippen LogP contribution is 2.32. The number of nitrogens with two attached hydrogens (primary N) is 1. The largest absolute Gasteiger partial charge is 0.490 e. The summed E-state index contributed by atoms with van der Waals surface area (Å²) in [6.45, 7) is 3.06. The normalized spacial score (nSPS) is 19.0. The van der Waals surface area contributed by atoms with Gasteiger partial charge in [-0.3, -0.25) is 9.59 Å². The van der Waals surface area contributed by atoms with Gasteiger partial charge in [0, 0.05) is 38.5 Å². The highest BCUT2D eigenvalue weighted by atomic mass is 19.4. The van der Waals surface area contributed by atoms with Gasteiger partial charge in [0.2, 0.25) is 0 Å². The number of benzene rings is 1. The summed E-state index contributed by atoms with van der Waals surface area (Å²) in [6.07, 6.45) is -4.01. The Hall–Kier alpha value is -3.56. The SMILES string of the molecule is C[C@H]1CN(c2cc(=O)n(C)c3ccc(C(N)=O)nc23)CC[C@H]1Oc1ccc(C(F)(F)F)cc1. The molecule has 2 aromatic heterocycles. The van der Waals surface area contributed by atoms with Gasteiger partial charge in [-0.25, -0.2) is 4.98 Å². The monoisotopic (exact) mass is 460 g/mol. The van der Waals surface area contributed by atoms with Crippen molar-refractivity contribution in [3.63, 3.8) is 0 Å². The zero-order valence-corrected chi connectivity index (χ0v) is 18.1. The van der Waals surface area contributed by atoms with Crippen molar-refractivity contribution in [1.82, 2.24) is 9.55 Å². The van der Waals surface area contributed by atoms with Crippen LogP contribution in [0.2, 0.25) is 0 Å². The van der Waals surface area contributed by atoms with Crippen molar-refractivity contribution < 1.29 is 22.7 Å². The molecule has 0 radical (unpaired) electrons. The van der Waals surface area contributed by atoms with E-state index in [1.54, 1.807) is 13.1 Å². The molecule has 10 heteroatoms. The summed E-state index contributed by atoms with van der Waals surface area (Å²) in [6, 6.07) is 9.28. The maximum absolute atomic E-state index is 12.8. The molecule has 1 fully saturated rings. The lowest BCUT2D eigenvalue weighted by atomic mass is 9.95. The lowest BCUT2D eigenvalue weighted by Gasteiger charge is -2.38. The van der Waals surface area contributed by atoms with E-state index in [0.29, 0.717) is 42.0 Å². The van der Waals surface area contributed by atoms with Gasteiger partial charge in [-0.1, -0.05) is 6.92 Å². The van der Waals surface area contributed by atoms with Crippen molar-refractivity contribution in [2.75, 3.05) is 18.0 Å². The average molecular weight is 460 g/mol. The number of rotatable bonds is 4. The van der Waals surface area contributed by atoms with E-state index in [1.165, 1.54) is 28.8 Å². The van der Waals surface area contributed by atoms with Crippen LogP contribution in [0.25, 0.3) is 11.0 Å². The Balaban J connectivity index is 1.56. The highest BCUT2D eigenvalue weighted by Gasteiger charge is 2.32. The Morgan fingerprint density at radius 1 is 1.18 bits per heavy atom. The van der Waals surface area contributed by atoms with Crippen LogP contribution in [-0.4, -0.2) is 34.7 Å². The van der Waals surface area contributed by atoms with Crippen molar-refractivity contribution in [2.45, 2.75) is 25.6 Å². The van der Waals surface area contributed by atoms with Gasteiger partial charge in [-0.05, 0) is 36.4 Å². The van der Waals surface area contributed by atoms with E-state index in [1.807, 2.05) is 11.8 Å². The third-order valence-electron chi connectivity index (χ3n) is 5.96. The van der Waals surface area contributed by atoms with E-state index in [9.17, 15) is 22.8 Å². The summed E-state index contributed by atoms with van der Waals surface area (Å²) in [7, 11) is 1.63. The van der Waals surface area contributed by atoms with E-state index in [-0.39, 0.29) is 23.3 Å². The smallest absolute Gasteiger partial charge is 0.416 e. The van der Waals surface area contributed by atoms with Crippen LogP contribution in [0.15, 0.2) is 47.3 Å². The van der Waals surface area contributed by atoms with Crippen LogP contribution in [-0.2, 0) is 13.2 Å². The molecular weight excluding hydrogens is 437 g/mol. The molecule has 0 saturated carbocycles. The minimum atomic E-state index is -4.39. The number of anilines is 1. The average Bonchev–Trinajstić information content (AvgIpc) is 2.77. The second-order valence-electron chi connectivity index (χ2n) is 8.25. The van der Waals surface area contributed by atoms with E-state index in [4.69, 9.17) is 10.5 Å². The Bertz CT molecular complexity index is 1250. The standard InChI is InChI=1S/C23H23F3N4O3/c1-13-12-30(10-9-19(13)33-15-5-3-14(4-6-15)23(24,25)26)18-11-20(31)29(2)17-8-7-16(22(27)32)28-21(17)18/h3-8,11,13,19H,9-10,12H2,1-2H3,(H2,27,32)/t13-,19+/m0/s1. The summed E-state index contributed by atoms with van der Waals surface area (Å²) >= 11 is 0. The van der Waals surface area contributed by atoms with Gasteiger partial charge in [0.15, 0.2) is 0 Å². The molecule has 1 amide bonds. The van der Waals surface area contributed by atoms with E-state index >= 15 is 0 Å². The molecular formula is C23H23F3N4O3. The van der Waals surface area contributed by atoms with Crippen molar-refractivity contribution in [1.29, 1.82) is 0 Å². The van der Waals surface area contributed by atoms with Crippen molar-refractivity contribution >= 4 is 22.6 Å². The van der Waals surface area contributed by atoms with Gasteiger partial charge < -0.3 is 19.9 Å². The van der Waals surface area contributed by atoms with Crippen molar-refractivity contribution in [2.24, 2.45) is 18.7 Å². The summed E-state index contributed by atoms with van der Waals surface area (Å²) in [5, 5.41) is 0. The number of alkyl halides is 3. The maximum Gasteiger partial charge on any atom is 0.416 e. The van der Waals surface area contributed by atoms with Crippen LogP contribution in [0.4, 0.5) is 18.9 Å². The summed E-state index contributed by atoms with van der Waals surface area (Å²) < 4.78 is 45.8. The number of ether oxygens (including phenoxy) is 1. The van der Waals surface area contributed by atoms with Gasteiger partial charge in [0.1, 0.15) is 23.1 Å². The fraction of sp³-hybridized carbons (Fsp3) is 0.348. The molecule has 2 N–H and O–H groups in total. The molecule has 0 aliphatic carbocycles. The zero-order valence-electron chi connectivity index (χ0n) is 18.1. The third kappa shape index (κ3) is 4.50. The van der Waals surface area contributed by atoms with Gasteiger partial charge in [0.05, 0.1) is 16.8 Å². The van der Waals surface area contributed by atoms with Crippen LogP contribution in [0.1, 0.15) is 29.4 Å². The number of piperidine rings is 1. The number of halogens is 3. The molecule has 0 unspecified atom stereocenters. The topological polar surface area (TPSA) is 90.5 Å². The number of amides is 1. The molecule has 3 aromatic rings. The fourth-order valence-corrected chi connectivity index (χ4v) is 4.11. The molecule has 1 saturated heterocycles. The Morgan fingerprint density at radius 3 is 2.48 bits per heavy atom. The second-order valence-corrected chi connectivity index (χ2v) is 8.25. The zero-order chi connectivity index (χ0) is 23.9. The number of carbonyl (C=O) groups excluding carboxylic acids is 1. The van der Waals surface area contributed by atoms with E-state index < -0.39 is 17.6 Å². The van der Waals surface area contributed by atoms with E-state index in [2.05, 4.69) is 4.98 Å². The molecule has 0 spiro atoms. The number of hydrogen-bond donors (Lipinski definition) is 1. The molecule has 4 rings (SSSR count). The Morgan fingerprint density at radius 2 is 1.88 bits per heavy atom. The molecule has 33 heavy (non-hydrogen) atoms. The van der Waals surface area contributed by atoms with Crippen LogP contribution < -0.4 is 20.9 Å². The lowest BCUT2D eigenvalue weighted by molar-refractivity contribution is -0.137. The molecule has 174 valence electrons. The number of aromatic nitrogens is 2. The number of aryl methyl sites for hydroxylation is 1. The summed E-state index contributed by atoms with van der Waals surface area (Å²) in [5.41, 5.74) is 6.25. The molecule has 1 aliphatic rings. The number of fused-ring (bicyclic) bond motifs is 1. The minimum Gasteiger partial charge on any atom is -0.490 e. The summed E-state index contributed by atoms with van der Waals surface area (Å²) in [4.78, 5) is 30.5. The quantitative estimate of drug-likeness (QED) is 0.645. The van der Waals surface area contributed by atoms with Gasteiger partial charge in [-0.15, -0.1) is 0 Å². The number of nitrogens with zero attached hydrogens (tertiary/aromatic N) is 3. The minimum absolute atomic E-state index is 0.0134. The predicted molar refractivity (Wildman–Crippen MR) is 117 cm³/mol. The van der Waals surface area contributed by atoms with Crippen molar-refractivity contribution in [3.8, 4) is 5.75 Å².